The molecule has 5 heteroatoms. The topological polar surface area (TPSA) is 24.5 Å². The van der Waals surface area contributed by atoms with E-state index in [0.717, 1.165) is 24.4 Å². The lowest BCUT2D eigenvalue weighted by Gasteiger charge is -2.35. The van der Waals surface area contributed by atoms with Gasteiger partial charge < -0.3 is 10.1 Å². The van der Waals surface area contributed by atoms with Crippen molar-refractivity contribution in [3.63, 3.8) is 0 Å². The second-order valence-corrected chi connectivity index (χ2v) is 6.05. The Balaban J connectivity index is 0.00000161. The number of ether oxygens (including phenoxy) is 1. The Hall–Kier alpha value is -0.840. The lowest BCUT2D eigenvalue weighted by Crippen LogP contribution is -2.47. The normalized spacial score (nSPS) is 27.5. The van der Waals surface area contributed by atoms with Crippen molar-refractivity contribution in [2.75, 3.05) is 20.2 Å². The number of piperidine rings is 1. The van der Waals surface area contributed by atoms with Crippen LogP contribution in [0.4, 0.5) is 4.39 Å². The van der Waals surface area contributed by atoms with Crippen LogP contribution < -0.4 is 10.1 Å². The van der Waals surface area contributed by atoms with E-state index in [0.29, 0.717) is 12.6 Å². The van der Waals surface area contributed by atoms with Crippen LogP contribution in [0.25, 0.3) is 0 Å². The largest absolute Gasteiger partial charge is 0.492 e. The molecule has 0 spiro atoms. The average Bonchev–Trinajstić information content (AvgIpc) is 2.79. The predicted molar refractivity (Wildman–Crippen MR) is 84.7 cm³/mol. The quantitative estimate of drug-likeness (QED) is 0.904. The first kappa shape index (κ1) is 16.5. The van der Waals surface area contributed by atoms with E-state index in [9.17, 15) is 4.39 Å². The van der Waals surface area contributed by atoms with Gasteiger partial charge in [-0.25, -0.2) is 4.39 Å². The third-order valence-electron chi connectivity index (χ3n) is 4.60. The summed E-state index contributed by atoms with van der Waals surface area (Å²) < 4.78 is 18.5. The highest BCUT2D eigenvalue weighted by Crippen LogP contribution is 2.29. The summed E-state index contributed by atoms with van der Waals surface area (Å²) in [6, 6.07) is 8.34. The number of rotatable bonds is 5. The molecular weight excluding hydrogens is 291 g/mol. The number of fused-ring (bicyclic) bond motifs is 2. The van der Waals surface area contributed by atoms with Crippen molar-refractivity contribution in [3.8, 4) is 5.75 Å². The smallest absolute Gasteiger partial charge is 0.123 e. The van der Waals surface area contributed by atoms with E-state index in [1.807, 2.05) is 0 Å². The number of halogens is 2. The van der Waals surface area contributed by atoms with Gasteiger partial charge in [-0.3, -0.25) is 4.90 Å². The van der Waals surface area contributed by atoms with Crippen LogP contribution in [0.3, 0.4) is 0 Å². The Morgan fingerprint density at radius 3 is 2.43 bits per heavy atom. The molecule has 0 radical (unpaired) electrons. The predicted octanol–water partition coefficient (Wildman–Crippen LogP) is 2.84. The molecule has 1 aromatic carbocycles. The molecule has 0 aromatic heterocycles. The van der Waals surface area contributed by atoms with Crippen molar-refractivity contribution < 1.29 is 9.13 Å². The number of nitrogens with zero attached hydrogens (tertiary/aromatic N) is 1. The third kappa shape index (κ3) is 4.31. The zero-order valence-corrected chi connectivity index (χ0v) is 13.2. The van der Waals surface area contributed by atoms with Gasteiger partial charge in [0.1, 0.15) is 18.2 Å². The summed E-state index contributed by atoms with van der Waals surface area (Å²) in [6.45, 7) is 1.57. The summed E-state index contributed by atoms with van der Waals surface area (Å²) in [5, 5.41) is 3.67. The third-order valence-corrected chi connectivity index (χ3v) is 4.60. The zero-order valence-electron chi connectivity index (χ0n) is 12.4. The summed E-state index contributed by atoms with van der Waals surface area (Å²) in [5.74, 6) is 0.518. The van der Waals surface area contributed by atoms with Crippen LogP contribution in [-0.4, -0.2) is 43.2 Å². The number of hydrogen-bond acceptors (Lipinski definition) is 3. The van der Waals surface area contributed by atoms with Crippen LogP contribution in [0.1, 0.15) is 25.7 Å². The van der Waals surface area contributed by atoms with E-state index in [2.05, 4.69) is 17.3 Å². The van der Waals surface area contributed by atoms with Crippen molar-refractivity contribution in [1.82, 2.24) is 10.2 Å². The maximum Gasteiger partial charge on any atom is 0.123 e. The monoisotopic (exact) mass is 314 g/mol. The summed E-state index contributed by atoms with van der Waals surface area (Å²) in [5.41, 5.74) is 0. The highest BCUT2D eigenvalue weighted by atomic mass is 35.5. The fourth-order valence-corrected chi connectivity index (χ4v) is 3.41. The van der Waals surface area contributed by atoms with Gasteiger partial charge in [0.25, 0.3) is 0 Å². The van der Waals surface area contributed by atoms with Crippen LogP contribution in [0.15, 0.2) is 24.3 Å². The van der Waals surface area contributed by atoms with Crippen molar-refractivity contribution in [1.29, 1.82) is 0 Å². The maximum absolute atomic E-state index is 12.8. The summed E-state index contributed by atoms with van der Waals surface area (Å²) in [6.07, 6.45) is 5.18. The molecule has 3 rings (SSSR count). The van der Waals surface area contributed by atoms with Crippen LogP contribution >= 0.6 is 12.4 Å². The van der Waals surface area contributed by atoms with Gasteiger partial charge in [0.2, 0.25) is 0 Å². The van der Waals surface area contributed by atoms with Gasteiger partial charge >= 0.3 is 0 Å². The van der Waals surface area contributed by atoms with E-state index in [1.165, 1.54) is 37.8 Å². The van der Waals surface area contributed by atoms with Crippen molar-refractivity contribution in [2.24, 2.45) is 0 Å². The summed E-state index contributed by atoms with van der Waals surface area (Å²) in [4.78, 5) is 2.41. The Morgan fingerprint density at radius 2 is 1.81 bits per heavy atom. The zero-order chi connectivity index (χ0) is 13.9. The molecule has 0 aliphatic carbocycles. The van der Waals surface area contributed by atoms with Gasteiger partial charge in [-0.1, -0.05) is 0 Å². The fourth-order valence-electron chi connectivity index (χ4n) is 3.41. The van der Waals surface area contributed by atoms with E-state index < -0.39 is 0 Å². The first-order valence-corrected chi connectivity index (χ1v) is 7.55. The van der Waals surface area contributed by atoms with E-state index in [1.54, 1.807) is 12.1 Å². The first-order valence-electron chi connectivity index (χ1n) is 7.55. The molecule has 21 heavy (non-hydrogen) atoms. The van der Waals surface area contributed by atoms with E-state index >= 15 is 0 Å². The Morgan fingerprint density at radius 1 is 1.19 bits per heavy atom. The van der Waals surface area contributed by atoms with E-state index in [4.69, 9.17) is 4.74 Å². The molecule has 2 aliphatic heterocycles. The second kappa shape index (κ2) is 7.43. The molecule has 2 fully saturated rings. The lowest BCUT2D eigenvalue weighted by atomic mass is 9.99. The summed E-state index contributed by atoms with van der Waals surface area (Å²) in [7, 11) is 2.18. The SMILES string of the molecule is CN(CCOc1ccc(F)cc1)C1CC2CCC(C1)N2.Cl. The lowest BCUT2D eigenvalue weighted by molar-refractivity contribution is 0.147. The molecule has 2 unspecified atom stereocenters. The average molecular weight is 315 g/mol. The molecular formula is C16H24ClFN2O. The number of hydrogen-bond donors (Lipinski definition) is 1. The molecule has 118 valence electrons. The molecule has 0 amide bonds. The molecule has 2 aliphatic rings. The minimum Gasteiger partial charge on any atom is -0.492 e. The highest BCUT2D eigenvalue weighted by molar-refractivity contribution is 5.85. The van der Waals surface area contributed by atoms with Crippen LogP contribution in [-0.2, 0) is 0 Å². The molecule has 2 atom stereocenters. The van der Waals surface area contributed by atoms with Crippen LogP contribution in [0.2, 0.25) is 0 Å². The van der Waals surface area contributed by atoms with Crippen LogP contribution in [0.5, 0.6) is 5.75 Å². The van der Waals surface area contributed by atoms with Gasteiger partial charge in [0, 0.05) is 24.7 Å². The van der Waals surface area contributed by atoms with Gasteiger partial charge in [-0.05, 0) is 57.0 Å². The Bertz CT molecular complexity index is 430. The molecule has 1 N–H and O–H groups in total. The molecule has 2 heterocycles. The second-order valence-electron chi connectivity index (χ2n) is 6.05. The standard InChI is InChI=1S/C16H23FN2O.ClH/c1-19(15-10-13-4-5-14(11-15)18-13)8-9-20-16-6-2-12(17)3-7-16;/h2-3,6-7,13-15,18H,4-5,8-11H2,1H3;1H. The maximum atomic E-state index is 12.8. The molecule has 2 saturated heterocycles. The molecule has 2 bridgehead atoms. The van der Waals surface area contributed by atoms with E-state index in [-0.39, 0.29) is 18.2 Å². The number of benzene rings is 1. The minimum atomic E-state index is -0.223. The van der Waals surface area contributed by atoms with Gasteiger partial charge in [-0.2, -0.15) is 0 Å². The van der Waals surface area contributed by atoms with Gasteiger partial charge in [-0.15, -0.1) is 12.4 Å². The first-order chi connectivity index (χ1) is 9.70. The van der Waals surface area contributed by atoms with Gasteiger partial charge in [0.15, 0.2) is 0 Å². The fraction of sp³-hybridized carbons (Fsp3) is 0.625. The molecule has 0 saturated carbocycles. The minimum absolute atomic E-state index is 0. The van der Waals surface area contributed by atoms with Crippen molar-refractivity contribution in [3.05, 3.63) is 30.1 Å². The highest BCUT2D eigenvalue weighted by Gasteiger charge is 2.34. The van der Waals surface area contributed by atoms with Crippen molar-refractivity contribution in [2.45, 2.75) is 43.8 Å². The molecule has 3 nitrogen and oxygen atoms in total. The van der Waals surface area contributed by atoms with Gasteiger partial charge in [0.05, 0.1) is 0 Å². The number of nitrogens with one attached hydrogen (secondary N) is 1. The van der Waals surface area contributed by atoms with Crippen molar-refractivity contribution >= 4 is 12.4 Å². The molecule has 1 aromatic rings. The Kier molecular flexibility index (Phi) is 5.85. The Labute approximate surface area is 132 Å². The number of likely N-dealkylation sites (N-methyl/N-ethyl adjacent to an activating group) is 1. The summed E-state index contributed by atoms with van der Waals surface area (Å²) >= 11 is 0. The van der Waals surface area contributed by atoms with Crippen LogP contribution in [0, 0.1) is 5.82 Å².